The van der Waals surface area contributed by atoms with Crippen molar-refractivity contribution in [2.24, 2.45) is 5.92 Å². The Morgan fingerprint density at radius 3 is 2.76 bits per heavy atom. The van der Waals surface area contributed by atoms with Gasteiger partial charge in [0.2, 0.25) is 5.91 Å². The highest BCUT2D eigenvalue weighted by Gasteiger charge is 2.10. The number of amides is 1. The van der Waals surface area contributed by atoms with Crippen LogP contribution in [0, 0.1) is 17.2 Å². The van der Waals surface area contributed by atoms with Gasteiger partial charge in [0.1, 0.15) is 5.75 Å². The molecule has 0 aliphatic carbocycles. The number of rotatable bonds is 6. The molecule has 0 fully saturated rings. The number of carbonyl (C=O) groups is 1. The van der Waals surface area contributed by atoms with Gasteiger partial charge in [-0.25, -0.2) is 0 Å². The van der Waals surface area contributed by atoms with E-state index < -0.39 is 6.61 Å². The minimum absolute atomic E-state index is 0.00426. The second-order valence-corrected chi connectivity index (χ2v) is 4.50. The summed E-state index contributed by atoms with van der Waals surface area (Å²) in [4.78, 5) is 13.2. The van der Waals surface area contributed by atoms with Gasteiger partial charge in [-0.3, -0.25) is 4.79 Å². The van der Waals surface area contributed by atoms with Crippen molar-refractivity contribution in [3.05, 3.63) is 35.9 Å². The molecule has 0 spiro atoms. The molecule has 1 atom stereocenters. The number of halogens is 2. The number of alkyl halides is 2. The fourth-order valence-electron chi connectivity index (χ4n) is 1.65. The van der Waals surface area contributed by atoms with Gasteiger partial charge in [0.25, 0.3) is 0 Å². The minimum Gasteiger partial charge on any atom is -0.434 e. The molecule has 0 radical (unpaired) electrons. The van der Waals surface area contributed by atoms with Gasteiger partial charge in [-0.05, 0) is 19.1 Å². The van der Waals surface area contributed by atoms with E-state index in [1.165, 1.54) is 23.1 Å². The van der Waals surface area contributed by atoms with Crippen LogP contribution in [0.5, 0.6) is 5.75 Å². The van der Waals surface area contributed by atoms with Crippen molar-refractivity contribution >= 4 is 12.0 Å². The van der Waals surface area contributed by atoms with Crippen molar-refractivity contribution in [3.8, 4) is 11.8 Å². The van der Waals surface area contributed by atoms with Gasteiger partial charge in [-0.15, -0.1) is 0 Å². The summed E-state index contributed by atoms with van der Waals surface area (Å²) >= 11 is 0. The zero-order valence-electron chi connectivity index (χ0n) is 11.8. The normalized spacial score (nSPS) is 12.2. The fraction of sp³-hybridized carbons (Fsp3) is 0.333. The predicted octanol–water partition coefficient (Wildman–Crippen LogP) is 2.92. The Bertz CT molecular complexity index is 553. The van der Waals surface area contributed by atoms with Gasteiger partial charge >= 0.3 is 6.61 Å². The van der Waals surface area contributed by atoms with Crippen LogP contribution in [-0.4, -0.2) is 31.0 Å². The molecule has 1 amide bonds. The second-order valence-electron chi connectivity index (χ2n) is 4.50. The first-order chi connectivity index (χ1) is 9.93. The maximum Gasteiger partial charge on any atom is 0.387 e. The lowest BCUT2D eigenvalue weighted by atomic mass is 10.1. The maximum atomic E-state index is 12.3. The first-order valence-electron chi connectivity index (χ1n) is 6.30. The van der Waals surface area contributed by atoms with Crippen LogP contribution in [0.25, 0.3) is 6.08 Å². The molecular weight excluding hydrogens is 278 g/mol. The molecule has 0 saturated carbocycles. The summed E-state index contributed by atoms with van der Waals surface area (Å²) in [6, 6.07) is 8.23. The average Bonchev–Trinajstić information content (AvgIpc) is 2.45. The van der Waals surface area contributed by atoms with E-state index >= 15 is 0 Å². The van der Waals surface area contributed by atoms with Gasteiger partial charge in [0.05, 0.1) is 12.0 Å². The fourth-order valence-corrected chi connectivity index (χ4v) is 1.65. The Labute approximate surface area is 122 Å². The van der Waals surface area contributed by atoms with Crippen LogP contribution in [0.15, 0.2) is 30.3 Å². The molecule has 0 unspecified atom stereocenters. The lowest BCUT2D eigenvalue weighted by Gasteiger charge is -2.16. The first kappa shape index (κ1) is 16.6. The highest BCUT2D eigenvalue weighted by Crippen LogP contribution is 2.21. The molecule has 6 heteroatoms. The quantitative estimate of drug-likeness (QED) is 0.758. The summed E-state index contributed by atoms with van der Waals surface area (Å²) in [5.74, 6) is -0.588. The molecule has 0 bridgehead atoms. The van der Waals surface area contributed by atoms with E-state index in [2.05, 4.69) is 4.74 Å². The standard InChI is InChI=1S/C15H16F2N2O2/c1-11(9-18)10-19(2)14(20)8-7-12-5-3-4-6-13(12)21-15(16)17/h3-8,11,15H,10H2,1-2H3/b8-7-/t11-/m1/s1. The smallest absolute Gasteiger partial charge is 0.387 e. The Balaban J connectivity index is 2.76. The number of hydrogen-bond acceptors (Lipinski definition) is 3. The van der Waals surface area contributed by atoms with Crippen LogP contribution in [-0.2, 0) is 4.79 Å². The van der Waals surface area contributed by atoms with Crippen LogP contribution in [0.4, 0.5) is 8.78 Å². The molecule has 1 rings (SSSR count). The second kappa shape index (κ2) is 8.00. The van der Waals surface area contributed by atoms with Crippen LogP contribution in [0.2, 0.25) is 0 Å². The highest BCUT2D eigenvalue weighted by atomic mass is 19.3. The summed E-state index contributed by atoms with van der Waals surface area (Å²) in [5.41, 5.74) is 0.382. The third-order valence-electron chi connectivity index (χ3n) is 2.68. The lowest BCUT2D eigenvalue weighted by molar-refractivity contribution is -0.125. The lowest BCUT2D eigenvalue weighted by Crippen LogP contribution is -2.29. The molecular formula is C15H16F2N2O2. The number of carbonyl (C=O) groups excluding carboxylic acids is 1. The van der Waals surface area contributed by atoms with E-state index in [9.17, 15) is 13.6 Å². The van der Waals surface area contributed by atoms with E-state index in [1.54, 1.807) is 32.2 Å². The molecule has 21 heavy (non-hydrogen) atoms. The van der Waals surface area contributed by atoms with Crippen molar-refractivity contribution in [3.63, 3.8) is 0 Å². The summed E-state index contributed by atoms with van der Waals surface area (Å²) in [5, 5.41) is 8.70. The third kappa shape index (κ3) is 5.61. The molecule has 0 aliphatic rings. The van der Waals surface area contributed by atoms with Crippen molar-refractivity contribution in [2.45, 2.75) is 13.5 Å². The average molecular weight is 294 g/mol. The number of benzene rings is 1. The van der Waals surface area contributed by atoms with Gasteiger partial charge in [0, 0.05) is 25.2 Å². The van der Waals surface area contributed by atoms with Gasteiger partial charge in [-0.2, -0.15) is 14.0 Å². The molecule has 4 nitrogen and oxygen atoms in total. The number of likely N-dealkylation sites (N-methyl/N-ethyl adjacent to an activating group) is 1. The molecule has 0 aromatic heterocycles. The first-order valence-corrected chi connectivity index (χ1v) is 6.30. The zero-order valence-corrected chi connectivity index (χ0v) is 11.8. The Kier molecular flexibility index (Phi) is 6.34. The summed E-state index contributed by atoms with van der Waals surface area (Å²) in [6.45, 7) is -0.914. The molecule has 0 aliphatic heterocycles. The van der Waals surface area contributed by atoms with Crippen LogP contribution >= 0.6 is 0 Å². The Hall–Kier alpha value is -2.42. The van der Waals surface area contributed by atoms with E-state index in [1.807, 2.05) is 6.07 Å². The number of nitrogens with zero attached hydrogens (tertiary/aromatic N) is 2. The zero-order chi connectivity index (χ0) is 15.8. The van der Waals surface area contributed by atoms with Gasteiger partial charge in [0.15, 0.2) is 0 Å². The van der Waals surface area contributed by atoms with Crippen molar-refractivity contribution < 1.29 is 18.3 Å². The molecule has 1 aromatic rings. The Morgan fingerprint density at radius 2 is 2.14 bits per heavy atom. The number of para-hydroxylation sites is 1. The third-order valence-corrected chi connectivity index (χ3v) is 2.68. The van der Waals surface area contributed by atoms with E-state index in [4.69, 9.17) is 5.26 Å². The van der Waals surface area contributed by atoms with Crippen molar-refractivity contribution in [2.75, 3.05) is 13.6 Å². The van der Waals surface area contributed by atoms with Crippen molar-refractivity contribution in [1.29, 1.82) is 5.26 Å². The summed E-state index contributed by atoms with van der Waals surface area (Å²) in [7, 11) is 1.57. The number of hydrogen-bond donors (Lipinski definition) is 0. The Morgan fingerprint density at radius 1 is 1.48 bits per heavy atom. The predicted molar refractivity (Wildman–Crippen MR) is 74.5 cm³/mol. The minimum atomic E-state index is -2.92. The monoisotopic (exact) mass is 294 g/mol. The largest absolute Gasteiger partial charge is 0.434 e. The number of ether oxygens (including phenoxy) is 1. The van der Waals surface area contributed by atoms with Crippen LogP contribution < -0.4 is 4.74 Å². The van der Waals surface area contributed by atoms with E-state index in [0.29, 0.717) is 12.1 Å². The highest BCUT2D eigenvalue weighted by molar-refractivity contribution is 5.92. The van der Waals surface area contributed by atoms with E-state index in [0.717, 1.165) is 0 Å². The molecule has 0 N–H and O–H groups in total. The molecule has 0 heterocycles. The van der Waals surface area contributed by atoms with Gasteiger partial charge in [-0.1, -0.05) is 18.2 Å². The van der Waals surface area contributed by atoms with Crippen LogP contribution in [0.3, 0.4) is 0 Å². The molecule has 112 valence electrons. The van der Waals surface area contributed by atoms with Crippen LogP contribution in [0.1, 0.15) is 12.5 Å². The van der Waals surface area contributed by atoms with E-state index in [-0.39, 0.29) is 17.6 Å². The number of nitriles is 1. The topological polar surface area (TPSA) is 53.3 Å². The SMILES string of the molecule is C[C@H](C#N)CN(C)C(=O)/C=C\c1ccccc1OC(F)F. The summed E-state index contributed by atoms with van der Waals surface area (Å²) in [6.07, 6.45) is 2.67. The maximum absolute atomic E-state index is 12.3. The molecule has 0 saturated heterocycles. The summed E-state index contributed by atoms with van der Waals surface area (Å²) < 4.78 is 28.9. The van der Waals surface area contributed by atoms with Gasteiger partial charge < -0.3 is 9.64 Å². The van der Waals surface area contributed by atoms with Crippen molar-refractivity contribution in [1.82, 2.24) is 4.90 Å². The molecule has 1 aromatic carbocycles.